The predicted octanol–water partition coefficient (Wildman–Crippen LogP) is 3.89. The van der Waals surface area contributed by atoms with Crippen molar-refractivity contribution in [2.45, 2.75) is 92.7 Å². The van der Waals surface area contributed by atoms with Crippen LogP contribution in [0.1, 0.15) is 80.6 Å². The van der Waals surface area contributed by atoms with Gasteiger partial charge in [-0.3, -0.25) is 9.59 Å². The van der Waals surface area contributed by atoms with Crippen molar-refractivity contribution in [3.05, 3.63) is 11.1 Å². The standard InChI is InChI=1S/C22H35NO5/c1-13(2)17(23-28-20(26)21(4,5)6)19(25)27-16-12-22(7)11-9-8-10-15(22)14(3)18(16)24/h13,16-17,23H,8-12H2,1-7H3/t16-,17?,22-/m0/s1. The number of fused-ring (bicyclic) bond motifs is 1. The SMILES string of the molecule is CC1=C2CCCC[C@@]2(C)C[C@H](OC(=O)C(NOC(=O)C(C)(C)C)C(C)C)C1=O. The molecule has 0 heterocycles. The summed E-state index contributed by atoms with van der Waals surface area (Å²) in [7, 11) is 0. The highest BCUT2D eigenvalue weighted by Crippen LogP contribution is 2.49. The van der Waals surface area contributed by atoms with Gasteiger partial charge in [0.1, 0.15) is 6.04 Å². The number of allylic oxidation sites excluding steroid dienone is 1. The van der Waals surface area contributed by atoms with Gasteiger partial charge in [-0.2, -0.15) is 0 Å². The Bertz CT molecular complexity index is 673. The lowest BCUT2D eigenvalue weighted by Gasteiger charge is -2.43. The fraction of sp³-hybridized carbons (Fsp3) is 0.773. The summed E-state index contributed by atoms with van der Waals surface area (Å²) in [4.78, 5) is 42.7. The zero-order valence-electron chi connectivity index (χ0n) is 18.3. The molecule has 158 valence electrons. The van der Waals surface area contributed by atoms with Gasteiger partial charge >= 0.3 is 11.9 Å². The van der Waals surface area contributed by atoms with E-state index in [1.807, 2.05) is 20.8 Å². The molecule has 0 radical (unpaired) electrons. The molecule has 1 fully saturated rings. The molecule has 1 saturated carbocycles. The zero-order valence-corrected chi connectivity index (χ0v) is 18.3. The van der Waals surface area contributed by atoms with Crippen LogP contribution >= 0.6 is 0 Å². The van der Waals surface area contributed by atoms with Crippen molar-refractivity contribution in [1.82, 2.24) is 5.48 Å². The Labute approximate surface area is 168 Å². The Morgan fingerprint density at radius 1 is 1.21 bits per heavy atom. The average Bonchev–Trinajstić information content (AvgIpc) is 2.58. The van der Waals surface area contributed by atoms with Gasteiger partial charge in [0.2, 0.25) is 0 Å². The van der Waals surface area contributed by atoms with Crippen molar-refractivity contribution in [3.8, 4) is 0 Å². The first kappa shape index (κ1) is 22.6. The summed E-state index contributed by atoms with van der Waals surface area (Å²) in [5.41, 5.74) is 3.77. The molecule has 0 bridgehead atoms. The first-order valence-electron chi connectivity index (χ1n) is 10.3. The second kappa shape index (κ2) is 8.36. The minimum atomic E-state index is -0.830. The van der Waals surface area contributed by atoms with E-state index in [0.717, 1.165) is 31.3 Å². The largest absolute Gasteiger partial charge is 0.453 e. The molecule has 28 heavy (non-hydrogen) atoms. The summed E-state index contributed by atoms with van der Waals surface area (Å²) in [5.74, 6) is -1.29. The Hall–Kier alpha value is -1.69. The second-order valence-electron chi connectivity index (χ2n) is 9.84. The molecule has 2 rings (SSSR count). The monoisotopic (exact) mass is 393 g/mol. The van der Waals surface area contributed by atoms with Crippen molar-refractivity contribution in [2.24, 2.45) is 16.7 Å². The maximum atomic E-state index is 12.8. The van der Waals surface area contributed by atoms with Gasteiger partial charge in [-0.05, 0) is 63.9 Å². The summed E-state index contributed by atoms with van der Waals surface area (Å²) < 4.78 is 5.65. The van der Waals surface area contributed by atoms with Gasteiger partial charge < -0.3 is 9.57 Å². The van der Waals surface area contributed by atoms with Crippen LogP contribution in [0.5, 0.6) is 0 Å². The van der Waals surface area contributed by atoms with Crippen LogP contribution in [-0.4, -0.2) is 29.9 Å². The molecule has 2 aliphatic rings. The molecular weight excluding hydrogens is 358 g/mol. The third kappa shape index (κ3) is 4.83. The lowest BCUT2D eigenvalue weighted by molar-refractivity contribution is -0.172. The summed E-state index contributed by atoms with van der Waals surface area (Å²) in [6.45, 7) is 12.9. The van der Waals surface area contributed by atoms with Crippen LogP contribution < -0.4 is 5.48 Å². The van der Waals surface area contributed by atoms with Crippen molar-refractivity contribution >= 4 is 17.7 Å². The Balaban J connectivity index is 2.10. The molecule has 0 aromatic carbocycles. The van der Waals surface area contributed by atoms with Gasteiger partial charge in [0, 0.05) is 6.42 Å². The number of hydroxylamine groups is 1. The minimum Gasteiger partial charge on any atom is -0.453 e. The molecule has 3 atom stereocenters. The first-order valence-corrected chi connectivity index (χ1v) is 10.3. The van der Waals surface area contributed by atoms with Crippen LogP contribution in [0.3, 0.4) is 0 Å². The Kier molecular flexibility index (Phi) is 6.74. The quantitative estimate of drug-likeness (QED) is 0.564. The summed E-state index contributed by atoms with van der Waals surface area (Å²) in [6, 6.07) is -0.830. The third-order valence-electron chi connectivity index (χ3n) is 5.95. The number of ether oxygens (including phenoxy) is 1. The third-order valence-corrected chi connectivity index (χ3v) is 5.95. The van der Waals surface area contributed by atoms with E-state index < -0.39 is 29.5 Å². The zero-order chi connectivity index (χ0) is 21.3. The molecule has 6 heteroatoms. The highest BCUT2D eigenvalue weighted by Gasteiger charge is 2.45. The second-order valence-corrected chi connectivity index (χ2v) is 9.84. The van der Waals surface area contributed by atoms with E-state index in [1.165, 1.54) is 5.57 Å². The first-order chi connectivity index (χ1) is 12.9. The number of hydrogen-bond acceptors (Lipinski definition) is 6. The van der Waals surface area contributed by atoms with E-state index >= 15 is 0 Å². The van der Waals surface area contributed by atoms with E-state index in [2.05, 4.69) is 12.4 Å². The number of rotatable bonds is 5. The molecule has 6 nitrogen and oxygen atoms in total. The molecule has 0 aromatic rings. The van der Waals surface area contributed by atoms with Crippen molar-refractivity contribution in [1.29, 1.82) is 0 Å². The highest BCUT2D eigenvalue weighted by molar-refractivity contribution is 6.01. The topological polar surface area (TPSA) is 81.7 Å². The summed E-state index contributed by atoms with van der Waals surface area (Å²) in [5, 5.41) is 0. The maximum absolute atomic E-state index is 12.8. The lowest BCUT2D eigenvalue weighted by Crippen LogP contribution is -2.48. The maximum Gasteiger partial charge on any atom is 0.330 e. The molecule has 0 spiro atoms. The fourth-order valence-corrected chi connectivity index (χ4v) is 4.06. The van der Waals surface area contributed by atoms with Crippen molar-refractivity contribution < 1.29 is 24.0 Å². The molecule has 2 aliphatic carbocycles. The minimum absolute atomic E-state index is 0.0827. The predicted molar refractivity (Wildman–Crippen MR) is 106 cm³/mol. The molecule has 0 aliphatic heterocycles. The average molecular weight is 394 g/mol. The van der Waals surface area contributed by atoms with Crippen LogP contribution in [0.15, 0.2) is 11.1 Å². The fourth-order valence-electron chi connectivity index (χ4n) is 4.06. The molecule has 0 amide bonds. The molecule has 1 N–H and O–H groups in total. The van der Waals surface area contributed by atoms with E-state index in [4.69, 9.17) is 9.57 Å². The number of hydrogen-bond donors (Lipinski definition) is 1. The van der Waals surface area contributed by atoms with Gasteiger partial charge in [0.25, 0.3) is 0 Å². The van der Waals surface area contributed by atoms with Gasteiger partial charge in [-0.15, -0.1) is 5.48 Å². The van der Waals surface area contributed by atoms with Crippen LogP contribution in [0.2, 0.25) is 0 Å². The van der Waals surface area contributed by atoms with Crippen LogP contribution in [0.25, 0.3) is 0 Å². The number of carbonyl (C=O) groups is 3. The van der Waals surface area contributed by atoms with Gasteiger partial charge in [-0.25, -0.2) is 4.79 Å². The van der Waals surface area contributed by atoms with Gasteiger partial charge in [0.15, 0.2) is 11.9 Å². The van der Waals surface area contributed by atoms with Crippen molar-refractivity contribution in [2.75, 3.05) is 0 Å². The van der Waals surface area contributed by atoms with E-state index in [-0.39, 0.29) is 17.1 Å². The molecule has 0 saturated heterocycles. The Morgan fingerprint density at radius 3 is 2.43 bits per heavy atom. The van der Waals surface area contributed by atoms with E-state index in [9.17, 15) is 14.4 Å². The number of Topliss-reactive ketones (excluding diaryl/α,β-unsaturated/α-hetero) is 1. The molecular formula is C22H35NO5. The number of carbonyl (C=O) groups excluding carboxylic acids is 3. The number of esters is 1. The molecule has 0 aromatic heterocycles. The Morgan fingerprint density at radius 2 is 1.86 bits per heavy atom. The number of nitrogens with one attached hydrogen (secondary N) is 1. The normalized spacial score (nSPS) is 26.7. The van der Waals surface area contributed by atoms with Crippen LogP contribution in [-0.2, 0) is 24.0 Å². The van der Waals surface area contributed by atoms with Crippen LogP contribution in [0.4, 0.5) is 0 Å². The smallest absolute Gasteiger partial charge is 0.330 e. The van der Waals surface area contributed by atoms with Gasteiger partial charge in [0.05, 0.1) is 5.41 Å². The summed E-state index contributed by atoms with van der Waals surface area (Å²) >= 11 is 0. The lowest BCUT2D eigenvalue weighted by atomic mass is 9.63. The van der Waals surface area contributed by atoms with E-state index in [0.29, 0.717) is 6.42 Å². The van der Waals surface area contributed by atoms with Gasteiger partial charge in [-0.1, -0.05) is 32.8 Å². The van der Waals surface area contributed by atoms with Crippen LogP contribution in [0, 0.1) is 16.7 Å². The highest BCUT2D eigenvalue weighted by atomic mass is 16.7. The molecule has 1 unspecified atom stereocenters. The number of ketones is 1. The van der Waals surface area contributed by atoms with E-state index in [1.54, 1.807) is 20.8 Å². The van der Waals surface area contributed by atoms with Crippen molar-refractivity contribution in [3.63, 3.8) is 0 Å². The summed E-state index contributed by atoms with van der Waals surface area (Å²) in [6.07, 6.45) is 3.95.